The molecule has 2 aromatic heterocycles. The fraction of sp³-hybridized carbons (Fsp3) is 0.318. The van der Waals surface area contributed by atoms with E-state index in [1.165, 1.54) is 6.07 Å². The van der Waals surface area contributed by atoms with Crippen LogP contribution in [-0.4, -0.2) is 38.2 Å². The van der Waals surface area contributed by atoms with Gasteiger partial charge >= 0.3 is 0 Å². The molecule has 1 amide bonds. The standard InChI is InChI=1S/C22H24FN5O/c1-27-12-16(22(26-27)19-7-2-3-8-20(19)23)13-28(14-17-6-4-5-11-24-17)15-18-9-10-21(29)25-18/h2-8,11-12,18H,9-10,13-15H2,1H3,(H,25,29)/t18-/m0/s1. The molecule has 29 heavy (non-hydrogen) atoms. The lowest BCUT2D eigenvalue weighted by molar-refractivity contribution is -0.119. The summed E-state index contributed by atoms with van der Waals surface area (Å²) in [6, 6.07) is 12.7. The second-order valence-electron chi connectivity index (χ2n) is 7.45. The van der Waals surface area contributed by atoms with Crippen LogP contribution in [-0.2, 0) is 24.9 Å². The molecule has 7 heteroatoms. The molecule has 1 aliphatic rings. The lowest BCUT2D eigenvalue weighted by atomic mass is 10.1. The molecular weight excluding hydrogens is 369 g/mol. The van der Waals surface area contributed by atoms with Crippen molar-refractivity contribution in [1.82, 2.24) is 25.0 Å². The fourth-order valence-corrected chi connectivity index (χ4v) is 3.81. The number of rotatable bonds is 7. The predicted molar refractivity (Wildman–Crippen MR) is 108 cm³/mol. The number of benzene rings is 1. The Balaban J connectivity index is 1.60. The van der Waals surface area contributed by atoms with Crippen molar-refractivity contribution < 1.29 is 9.18 Å². The molecule has 0 spiro atoms. The number of carbonyl (C=O) groups excluding carboxylic acids is 1. The van der Waals surface area contributed by atoms with E-state index in [9.17, 15) is 9.18 Å². The minimum absolute atomic E-state index is 0.0983. The largest absolute Gasteiger partial charge is 0.352 e. The van der Waals surface area contributed by atoms with Gasteiger partial charge in [0.2, 0.25) is 5.91 Å². The first kappa shape index (κ1) is 19.3. The molecule has 1 N–H and O–H groups in total. The van der Waals surface area contributed by atoms with E-state index in [2.05, 4.69) is 20.3 Å². The number of amides is 1. The number of hydrogen-bond acceptors (Lipinski definition) is 4. The number of nitrogens with zero attached hydrogens (tertiary/aromatic N) is 4. The molecule has 0 unspecified atom stereocenters. The first-order valence-corrected chi connectivity index (χ1v) is 9.77. The molecule has 1 atom stereocenters. The van der Waals surface area contributed by atoms with Gasteiger partial charge in [0.25, 0.3) is 0 Å². The van der Waals surface area contributed by atoms with Crippen LogP contribution in [0.15, 0.2) is 54.9 Å². The third-order valence-corrected chi connectivity index (χ3v) is 5.10. The van der Waals surface area contributed by atoms with E-state index < -0.39 is 0 Å². The van der Waals surface area contributed by atoms with Crippen LogP contribution in [0.5, 0.6) is 0 Å². The number of hydrogen-bond donors (Lipinski definition) is 1. The predicted octanol–water partition coefficient (Wildman–Crippen LogP) is 2.90. The van der Waals surface area contributed by atoms with Crippen molar-refractivity contribution in [3.63, 3.8) is 0 Å². The quantitative estimate of drug-likeness (QED) is 0.671. The smallest absolute Gasteiger partial charge is 0.220 e. The highest BCUT2D eigenvalue weighted by atomic mass is 19.1. The Morgan fingerprint density at radius 3 is 2.76 bits per heavy atom. The maximum absolute atomic E-state index is 14.4. The molecule has 1 aromatic carbocycles. The maximum atomic E-state index is 14.4. The molecular formula is C22H24FN5O. The van der Waals surface area contributed by atoms with E-state index in [1.54, 1.807) is 23.0 Å². The van der Waals surface area contributed by atoms with Gasteiger partial charge in [0.05, 0.1) is 11.4 Å². The third-order valence-electron chi connectivity index (χ3n) is 5.10. The molecule has 4 rings (SSSR count). The zero-order chi connectivity index (χ0) is 20.2. The zero-order valence-corrected chi connectivity index (χ0v) is 16.4. The van der Waals surface area contributed by atoms with Crippen molar-refractivity contribution >= 4 is 5.91 Å². The zero-order valence-electron chi connectivity index (χ0n) is 16.4. The van der Waals surface area contributed by atoms with E-state index in [0.29, 0.717) is 37.3 Å². The van der Waals surface area contributed by atoms with Gasteiger partial charge in [-0.15, -0.1) is 0 Å². The number of carbonyl (C=O) groups is 1. The Bertz CT molecular complexity index is 988. The van der Waals surface area contributed by atoms with Crippen molar-refractivity contribution in [2.75, 3.05) is 6.54 Å². The van der Waals surface area contributed by atoms with E-state index >= 15 is 0 Å². The summed E-state index contributed by atoms with van der Waals surface area (Å²) in [5.41, 5.74) is 3.04. The Morgan fingerprint density at radius 2 is 2.03 bits per heavy atom. The Labute approximate surface area is 169 Å². The van der Waals surface area contributed by atoms with Crippen LogP contribution < -0.4 is 5.32 Å². The minimum Gasteiger partial charge on any atom is -0.352 e. The molecule has 1 aliphatic heterocycles. The summed E-state index contributed by atoms with van der Waals surface area (Å²) in [5.74, 6) is -0.187. The van der Waals surface area contributed by atoms with Crippen molar-refractivity contribution in [2.24, 2.45) is 7.05 Å². The Kier molecular flexibility index (Phi) is 5.67. The van der Waals surface area contributed by atoms with Crippen LogP contribution in [0.3, 0.4) is 0 Å². The highest BCUT2D eigenvalue weighted by Crippen LogP contribution is 2.26. The summed E-state index contributed by atoms with van der Waals surface area (Å²) in [7, 11) is 1.84. The van der Waals surface area contributed by atoms with Gasteiger partial charge in [-0.1, -0.05) is 18.2 Å². The number of halogens is 1. The average molecular weight is 393 g/mol. The molecule has 3 aromatic rings. The molecule has 0 bridgehead atoms. The third kappa shape index (κ3) is 4.68. The summed E-state index contributed by atoms with van der Waals surface area (Å²) in [5, 5.41) is 7.54. The topological polar surface area (TPSA) is 63.1 Å². The van der Waals surface area contributed by atoms with Crippen molar-refractivity contribution in [2.45, 2.75) is 32.0 Å². The summed E-state index contributed by atoms with van der Waals surface area (Å²) in [6.45, 7) is 1.92. The number of aryl methyl sites for hydroxylation is 1. The van der Waals surface area contributed by atoms with E-state index in [1.807, 2.05) is 37.5 Å². The van der Waals surface area contributed by atoms with E-state index in [-0.39, 0.29) is 17.8 Å². The molecule has 0 aliphatic carbocycles. The van der Waals surface area contributed by atoms with Crippen molar-refractivity contribution in [3.8, 4) is 11.3 Å². The molecule has 150 valence electrons. The normalized spacial score (nSPS) is 16.4. The Morgan fingerprint density at radius 1 is 1.21 bits per heavy atom. The number of aromatic nitrogens is 3. The van der Waals surface area contributed by atoms with Gasteiger partial charge in [0.15, 0.2) is 0 Å². The van der Waals surface area contributed by atoms with Gasteiger partial charge in [-0.2, -0.15) is 5.10 Å². The maximum Gasteiger partial charge on any atom is 0.220 e. The summed E-state index contributed by atoms with van der Waals surface area (Å²) in [4.78, 5) is 18.3. The summed E-state index contributed by atoms with van der Waals surface area (Å²) >= 11 is 0. The molecule has 0 saturated carbocycles. The van der Waals surface area contributed by atoms with Crippen LogP contribution in [0.2, 0.25) is 0 Å². The van der Waals surface area contributed by atoms with Crippen LogP contribution >= 0.6 is 0 Å². The van der Waals surface area contributed by atoms with Crippen LogP contribution in [0, 0.1) is 5.82 Å². The molecule has 0 radical (unpaired) electrons. The first-order valence-electron chi connectivity index (χ1n) is 9.77. The van der Waals surface area contributed by atoms with Gasteiger partial charge < -0.3 is 5.32 Å². The molecule has 3 heterocycles. The van der Waals surface area contributed by atoms with Gasteiger partial charge in [-0.3, -0.25) is 19.4 Å². The summed E-state index contributed by atoms with van der Waals surface area (Å²) in [6.07, 6.45) is 5.10. The number of pyridine rings is 1. The number of nitrogens with one attached hydrogen (secondary N) is 1. The lowest BCUT2D eigenvalue weighted by Crippen LogP contribution is -2.38. The van der Waals surface area contributed by atoms with Gasteiger partial charge in [-0.25, -0.2) is 4.39 Å². The second kappa shape index (κ2) is 8.53. The first-order chi connectivity index (χ1) is 14.1. The molecule has 1 fully saturated rings. The van der Waals surface area contributed by atoms with Crippen molar-refractivity contribution in [1.29, 1.82) is 0 Å². The van der Waals surface area contributed by atoms with Crippen LogP contribution in [0.4, 0.5) is 4.39 Å². The molecule has 1 saturated heterocycles. The highest BCUT2D eigenvalue weighted by molar-refractivity contribution is 5.78. The molecule has 6 nitrogen and oxygen atoms in total. The van der Waals surface area contributed by atoms with Crippen molar-refractivity contribution in [3.05, 3.63) is 71.9 Å². The second-order valence-corrected chi connectivity index (χ2v) is 7.45. The lowest BCUT2D eigenvalue weighted by Gasteiger charge is -2.25. The minimum atomic E-state index is -0.285. The van der Waals surface area contributed by atoms with E-state index in [0.717, 1.165) is 17.7 Å². The average Bonchev–Trinajstić information content (AvgIpc) is 3.28. The van der Waals surface area contributed by atoms with Gasteiger partial charge in [-0.05, 0) is 30.7 Å². The fourth-order valence-electron chi connectivity index (χ4n) is 3.81. The SMILES string of the molecule is Cn1cc(CN(Cc2ccccn2)C[C@@H]2CCC(=O)N2)c(-c2ccccc2F)n1. The van der Waals surface area contributed by atoms with Crippen LogP contribution in [0.25, 0.3) is 11.3 Å². The van der Waals surface area contributed by atoms with Gasteiger partial charge in [0, 0.05) is 62.7 Å². The van der Waals surface area contributed by atoms with Crippen LogP contribution in [0.1, 0.15) is 24.1 Å². The monoisotopic (exact) mass is 393 g/mol. The Hall–Kier alpha value is -3.06. The van der Waals surface area contributed by atoms with E-state index in [4.69, 9.17) is 0 Å². The highest BCUT2D eigenvalue weighted by Gasteiger charge is 2.24. The summed E-state index contributed by atoms with van der Waals surface area (Å²) < 4.78 is 16.1. The van der Waals surface area contributed by atoms with Gasteiger partial charge in [0.1, 0.15) is 5.82 Å².